The molecule has 0 bridgehead atoms. The molecule has 29 heavy (non-hydrogen) atoms. The summed E-state index contributed by atoms with van der Waals surface area (Å²) in [5.41, 5.74) is 2.96. The number of anilines is 2. The average Bonchev–Trinajstić information content (AvgIpc) is 3.08. The highest BCUT2D eigenvalue weighted by Gasteiger charge is 2.29. The lowest BCUT2D eigenvalue weighted by Crippen LogP contribution is -2.37. The molecule has 1 saturated heterocycles. The summed E-state index contributed by atoms with van der Waals surface area (Å²) in [5, 5.41) is 0.687. The number of carbonyl (C=O) groups is 1. The summed E-state index contributed by atoms with van der Waals surface area (Å²) in [7, 11) is 0. The maximum absolute atomic E-state index is 13.8. The van der Waals surface area contributed by atoms with Crippen LogP contribution in [0.1, 0.15) is 35.0 Å². The Hall–Kier alpha value is -2.93. The number of fused-ring (bicyclic) bond motifs is 1. The number of hydrogen-bond donors (Lipinski definition) is 0. The Morgan fingerprint density at radius 1 is 1.17 bits per heavy atom. The van der Waals surface area contributed by atoms with Crippen molar-refractivity contribution in [1.82, 2.24) is 9.97 Å². The van der Waals surface area contributed by atoms with Crippen molar-refractivity contribution in [1.29, 1.82) is 0 Å². The van der Waals surface area contributed by atoms with Gasteiger partial charge in [0, 0.05) is 25.3 Å². The lowest BCUT2D eigenvalue weighted by atomic mass is 10.1. The highest BCUT2D eigenvalue weighted by Crippen LogP contribution is 2.34. The van der Waals surface area contributed by atoms with Crippen LogP contribution in [0.3, 0.4) is 0 Å². The second kappa shape index (κ2) is 8.21. The van der Waals surface area contributed by atoms with Gasteiger partial charge in [0.05, 0.1) is 24.2 Å². The summed E-state index contributed by atoms with van der Waals surface area (Å²) in [6, 6.07) is 7.95. The van der Waals surface area contributed by atoms with E-state index in [0.29, 0.717) is 42.2 Å². The van der Waals surface area contributed by atoms with Crippen molar-refractivity contribution in [3.63, 3.8) is 0 Å². The molecule has 1 aliphatic heterocycles. The van der Waals surface area contributed by atoms with Crippen LogP contribution in [0.25, 0.3) is 11.1 Å². The van der Waals surface area contributed by atoms with Crippen molar-refractivity contribution in [3.05, 3.63) is 47.5 Å². The lowest BCUT2D eigenvalue weighted by Gasteiger charge is -2.28. The van der Waals surface area contributed by atoms with E-state index in [4.69, 9.17) is 9.15 Å². The van der Waals surface area contributed by atoms with E-state index in [0.717, 1.165) is 36.6 Å². The van der Waals surface area contributed by atoms with Crippen molar-refractivity contribution in [3.8, 4) is 0 Å². The normalized spacial score (nSPS) is 14.4. The largest absolute Gasteiger partial charge is 0.442 e. The summed E-state index contributed by atoms with van der Waals surface area (Å²) in [6.07, 6.45) is 2.34. The van der Waals surface area contributed by atoms with E-state index in [-0.39, 0.29) is 5.91 Å². The predicted molar refractivity (Wildman–Crippen MR) is 113 cm³/mol. The van der Waals surface area contributed by atoms with E-state index in [2.05, 4.69) is 21.8 Å². The minimum absolute atomic E-state index is 0.0818. The van der Waals surface area contributed by atoms with Crippen LogP contribution in [0.4, 0.5) is 11.5 Å². The molecule has 0 saturated carbocycles. The number of furan rings is 1. The zero-order valence-electron chi connectivity index (χ0n) is 17.1. The first-order chi connectivity index (χ1) is 14.1. The monoisotopic (exact) mass is 394 g/mol. The Balaban J connectivity index is 1.84. The molecule has 7 nitrogen and oxygen atoms in total. The molecule has 2 aromatic heterocycles. The summed E-state index contributed by atoms with van der Waals surface area (Å²) in [5.74, 6) is 1.22. The number of para-hydroxylation sites is 1. The van der Waals surface area contributed by atoms with Crippen LogP contribution in [-0.2, 0) is 4.74 Å². The number of amides is 1. The van der Waals surface area contributed by atoms with E-state index in [1.54, 1.807) is 0 Å². The Kier molecular flexibility index (Phi) is 5.49. The number of carbonyl (C=O) groups excluding carboxylic acids is 1. The summed E-state index contributed by atoms with van der Waals surface area (Å²) in [4.78, 5) is 26.6. The van der Waals surface area contributed by atoms with Crippen LogP contribution in [0, 0.1) is 13.8 Å². The molecule has 0 N–H and O–H groups in total. The van der Waals surface area contributed by atoms with Gasteiger partial charge >= 0.3 is 0 Å². The predicted octanol–water partition coefficient (Wildman–Crippen LogP) is 3.73. The van der Waals surface area contributed by atoms with Gasteiger partial charge < -0.3 is 19.0 Å². The second-order valence-electron chi connectivity index (χ2n) is 7.25. The molecule has 0 unspecified atom stereocenters. The van der Waals surface area contributed by atoms with Gasteiger partial charge in [0.2, 0.25) is 5.71 Å². The highest BCUT2D eigenvalue weighted by atomic mass is 16.5. The van der Waals surface area contributed by atoms with E-state index in [1.165, 1.54) is 6.33 Å². The van der Waals surface area contributed by atoms with Gasteiger partial charge in [0.15, 0.2) is 0 Å². The molecule has 3 aromatic rings. The minimum Gasteiger partial charge on any atom is -0.442 e. The Morgan fingerprint density at radius 3 is 2.66 bits per heavy atom. The second-order valence-corrected chi connectivity index (χ2v) is 7.25. The highest BCUT2D eigenvalue weighted by molar-refractivity contribution is 6.16. The van der Waals surface area contributed by atoms with Gasteiger partial charge in [-0.3, -0.25) is 4.79 Å². The molecule has 1 fully saturated rings. The Morgan fingerprint density at radius 2 is 1.93 bits per heavy atom. The number of hydrogen-bond acceptors (Lipinski definition) is 6. The van der Waals surface area contributed by atoms with Crippen LogP contribution in [0.2, 0.25) is 0 Å². The van der Waals surface area contributed by atoms with Gasteiger partial charge in [-0.05, 0) is 31.9 Å². The maximum Gasteiger partial charge on any atom is 0.262 e. The molecule has 1 aliphatic rings. The van der Waals surface area contributed by atoms with E-state index in [9.17, 15) is 4.79 Å². The molecule has 3 heterocycles. The van der Waals surface area contributed by atoms with Gasteiger partial charge in [-0.15, -0.1) is 0 Å². The van der Waals surface area contributed by atoms with Crippen LogP contribution >= 0.6 is 0 Å². The average molecular weight is 394 g/mol. The third-order valence-electron chi connectivity index (χ3n) is 5.27. The zero-order valence-corrected chi connectivity index (χ0v) is 17.1. The van der Waals surface area contributed by atoms with Gasteiger partial charge in [-0.25, -0.2) is 9.97 Å². The van der Waals surface area contributed by atoms with E-state index < -0.39 is 0 Å². The van der Waals surface area contributed by atoms with Crippen LogP contribution in [-0.4, -0.2) is 48.7 Å². The molecular formula is C22H26N4O3. The SMILES string of the molecule is CCCN(C(=O)c1c(C)oc2ncnc(N3CCOCC3)c12)c1ccccc1C. The molecule has 0 aliphatic carbocycles. The lowest BCUT2D eigenvalue weighted by molar-refractivity contribution is 0.0986. The fourth-order valence-electron chi connectivity index (χ4n) is 3.86. The van der Waals surface area contributed by atoms with Gasteiger partial charge in [0.1, 0.15) is 17.9 Å². The third kappa shape index (κ3) is 3.58. The van der Waals surface area contributed by atoms with Crippen molar-refractivity contribution in [2.75, 3.05) is 42.6 Å². The molecule has 0 radical (unpaired) electrons. The number of ether oxygens (including phenoxy) is 1. The standard InChI is InChI=1S/C22H26N4O3/c1-4-9-26(17-8-6-5-7-15(17)2)22(27)18-16(3)29-21-19(18)20(23-14-24-21)25-10-12-28-13-11-25/h5-8,14H,4,9-13H2,1-3H3. The van der Waals surface area contributed by atoms with Crippen LogP contribution in [0.5, 0.6) is 0 Å². The van der Waals surface area contributed by atoms with E-state index >= 15 is 0 Å². The number of morpholine rings is 1. The number of aryl methyl sites for hydroxylation is 2. The molecular weight excluding hydrogens is 368 g/mol. The van der Waals surface area contributed by atoms with Crippen LogP contribution in [0.15, 0.2) is 35.0 Å². The summed E-state index contributed by atoms with van der Waals surface area (Å²) >= 11 is 0. The quantitative estimate of drug-likeness (QED) is 0.657. The first kappa shape index (κ1) is 19.4. The third-order valence-corrected chi connectivity index (χ3v) is 5.27. The first-order valence-corrected chi connectivity index (χ1v) is 10.1. The van der Waals surface area contributed by atoms with Crippen LogP contribution < -0.4 is 9.80 Å². The minimum atomic E-state index is -0.0818. The van der Waals surface area contributed by atoms with Gasteiger partial charge in [-0.2, -0.15) is 0 Å². The molecule has 1 aromatic carbocycles. The fourth-order valence-corrected chi connectivity index (χ4v) is 3.86. The Bertz CT molecular complexity index is 1020. The van der Waals surface area contributed by atoms with Crippen molar-refractivity contribution in [2.45, 2.75) is 27.2 Å². The number of benzene rings is 1. The first-order valence-electron chi connectivity index (χ1n) is 10.1. The molecule has 0 spiro atoms. The number of nitrogens with zero attached hydrogens (tertiary/aromatic N) is 4. The van der Waals surface area contributed by atoms with Gasteiger partial charge in [-0.1, -0.05) is 25.1 Å². The molecule has 7 heteroatoms. The summed E-state index contributed by atoms with van der Waals surface area (Å²) in [6.45, 7) is 9.25. The summed E-state index contributed by atoms with van der Waals surface area (Å²) < 4.78 is 11.4. The van der Waals surface area contributed by atoms with Gasteiger partial charge in [0.25, 0.3) is 5.91 Å². The van der Waals surface area contributed by atoms with Crippen molar-refractivity contribution >= 4 is 28.5 Å². The molecule has 152 valence electrons. The maximum atomic E-state index is 13.8. The smallest absolute Gasteiger partial charge is 0.262 e. The van der Waals surface area contributed by atoms with Crippen molar-refractivity contribution < 1.29 is 13.9 Å². The number of rotatable bonds is 5. The molecule has 0 atom stereocenters. The topological polar surface area (TPSA) is 71.7 Å². The van der Waals surface area contributed by atoms with E-state index in [1.807, 2.05) is 43.0 Å². The fraction of sp³-hybridized carbons (Fsp3) is 0.409. The number of aromatic nitrogens is 2. The van der Waals surface area contributed by atoms with Crippen molar-refractivity contribution in [2.24, 2.45) is 0 Å². The Labute approximate surface area is 170 Å². The zero-order chi connectivity index (χ0) is 20.4. The molecule has 1 amide bonds. The molecule has 4 rings (SSSR count).